The van der Waals surface area contributed by atoms with Crippen molar-refractivity contribution in [2.75, 3.05) is 49.6 Å². The van der Waals surface area contributed by atoms with Crippen LogP contribution in [0.15, 0.2) is 204 Å². The monoisotopic (exact) mass is 859 g/mol. The summed E-state index contributed by atoms with van der Waals surface area (Å²) in [5.41, 5.74) is 6.38. The number of hydrogen-bond acceptors (Lipinski definition) is 9. The Bertz CT molecular complexity index is 2800. The van der Waals surface area contributed by atoms with Crippen LogP contribution >= 0.6 is 7.26 Å². The molecule has 0 saturated heterocycles. The average Bonchev–Trinajstić information content (AvgIpc) is 3.78. The first-order chi connectivity index (χ1) is 31.5. The van der Waals surface area contributed by atoms with Crippen molar-refractivity contribution in [1.82, 2.24) is 19.9 Å². The molecule has 1 N–H and O–H groups in total. The van der Waals surface area contributed by atoms with Crippen molar-refractivity contribution in [1.29, 1.82) is 0 Å². The van der Waals surface area contributed by atoms with Gasteiger partial charge in [0, 0.05) is 75.2 Å². The molecule has 0 aliphatic rings. The Morgan fingerprint density at radius 2 is 1.25 bits per heavy atom. The van der Waals surface area contributed by atoms with Crippen LogP contribution in [0.1, 0.15) is 11.4 Å². The summed E-state index contributed by atoms with van der Waals surface area (Å²) in [6.07, 6.45) is 4.43. The topological polar surface area (TPSA) is 106 Å². The fourth-order valence-electron chi connectivity index (χ4n) is 8.33. The number of anilines is 2. The van der Waals surface area contributed by atoms with Crippen LogP contribution in [0.5, 0.6) is 0 Å². The van der Waals surface area contributed by atoms with Crippen LogP contribution in [0.25, 0.3) is 33.3 Å². The highest BCUT2D eigenvalue weighted by molar-refractivity contribution is 7.95. The molecule has 0 fully saturated rings. The van der Waals surface area contributed by atoms with E-state index in [1.54, 1.807) is 0 Å². The van der Waals surface area contributed by atoms with Gasteiger partial charge >= 0.3 is 0 Å². The van der Waals surface area contributed by atoms with Gasteiger partial charge in [-0.3, -0.25) is 19.9 Å². The molecule has 0 atom stereocenters. The van der Waals surface area contributed by atoms with Crippen LogP contribution in [0.4, 0.5) is 11.4 Å². The van der Waals surface area contributed by atoms with E-state index in [0.717, 1.165) is 82.5 Å². The molecule has 9 rings (SSSR count). The summed E-state index contributed by atoms with van der Waals surface area (Å²) in [6, 6.07) is 62.7. The number of hydrogen-bond donors (Lipinski definition) is 1. The summed E-state index contributed by atoms with van der Waals surface area (Å²) >= 11 is 0. The van der Waals surface area contributed by atoms with Gasteiger partial charge in [-0.1, -0.05) is 78.9 Å². The van der Waals surface area contributed by atoms with E-state index in [1.807, 2.05) is 78.9 Å². The second-order valence-corrected chi connectivity index (χ2v) is 19.5. The molecule has 3 heterocycles. The summed E-state index contributed by atoms with van der Waals surface area (Å²) in [5.74, 6) is 0.431. The molecule has 0 aliphatic heterocycles. The minimum atomic E-state index is -2.07. The van der Waals surface area contributed by atoms with Gasteiger partial charge in [0.25, 0.3) is 0 Å². The molecule has 64 heavy (non-hydrogen) atoms. The number of aromatic nitrogens is 3. The molecule has 9 nitrogen and oxygen atoms in total. The van der Waals surface area contributed by atoms with Crippen LogP contribution in [0, 0.1) is 0 Å². The third kappa shape index (κ3) is 9.87. The van der Waals surface area contributed by atoms with E-state index in [1.165, 1.54) is 15.9 Å². The van der Waals surface area contributed by atoms with Crippen molar-refractivity contribution in [2.24, 2.45) is 4.99 Å². The van der Waals surface area contributed by atoms with Gasteiger partial charge < -0.3 is 19.7 Å². The molecule has 0 aliphatic carbocycles. The van der Waals surface area contributed by atoms with E-state index in [4.69, 9.17) is 9.40 Å². The summed E-state index contributed by atoms with van der Waals surface area (Å²) in [4.78, 5) is 22.9. The maximum Gasteiger partial charge on any atom is 0.227 e. The lowest BCUT2D eigenvalue weighted by Gasteiger charge is -2.28. The molecule has 0 bridgehead atoms. The highest BCUT2D eigenvalue weighted by atomic mass is 31.2. The van der Waals surface area contributed by atoms with Gasteiger partial charge in [-0.25, -0.2) is 4.98 Å². The van der Waals surface area contributed by atoms with Gasteiger partial charge in [0.1, 0.15) is 28.7 Å². The predicted molar refractivity (Wildman–Crippen MR) is 264 cm³/mol. The van der Waals surface area contributed by atoms with Gasteiger partial charge in [0.15, 0.2) is 5.58 Å². The van der Waals surface area contributed by atoms with E-state index in [0.29, 0.717) is 12.4 Å². The lowest BCUT2D eigenvalue weighted by Crippen LogP contribution is -2.36. The van der Waals surface area contributed by atoms with Crippen LogP contribution in [0.2, 0.25) is 0 Å². The number of rotatable bonds is 18. The zero-order valence-corrected chi connectivity index (χ0v) is 36.8. The zero-order chi connectivity index (χ0) is 43.6. The number of fused-ring (bicyclic) bond motifs is 2. The number of nitrogens with zero attached hydrogens (tertiary/aromatic N) is 6. The van der Waals surface area contributed by atoms with Gasteiger partial charge in [0.05, 0.1) is 24.1 Å². The third-order valence-corrected chi connectivity index (χ3v) is 16.0. The standard InChI is InChI=1S/C54H50N7O2P/c1-60(40-53(62)58-32-34-64(48-17-5-2-6-18-48,49-19-7-3-8-20-49)50-21-9-4-10-22-50)47-27-25-41-35-43(24-23-42(41)36-47)54-59-51-28-26-44(37-52(51)63-54)57-31-33-61(38-45-15-11-13-29-55-45)39-46-16-12-14-30-56-46/h2-30,35-37,57H,31-34,38-40H2,1H3. The molecule has 0 saturated carbocycles. The Morgan fingerprint density at radius 3 is 1.86 bits per heavy atom. The predicted octanol–water partition coefficient (Wildman–Crippen LogP) is 8.74. The third-order valence-electron chi connectivity index (χ3n) is 11.6. The minimum absolute atomic E-state index is 0.136. The van der Waals surface area contributed by atoms with Crippen LogP contribution in [-0.2, 0) is 13.1 Å². The van der Waals surface area contributed by atoms with Crippen molar-refractivity contribution in [3.63, 3.8) is 0 Å². The van der Waals surface area contributed by atoms with Crippen LogP contribution in [0.3, 0.4) is 0 Å². The fourth-order valence-corrected chi connectivity index (χ4v) is 12.4. The Balaban J connectivity index is 0.846. The van der Waals surface area contributed by atoms with E-state index in [9.17, 15) is 5.11 Å². The second-order valence-electron chi connectivity index (χ2n) is 15.9. The maximum absolute atomic E-state index is 13.5. The molecule has 3 aromatic heterocycles. The zero-order valence-electron chi connectivity index (χ0n) is 35.9. The summed E-state index contributed by atoms with van der Waals surface area (Å²) < 4.78 is 6.33. The first kappa shape index (κ1) is 42.1. The molecule has 9 aromatic rings. The van der Waals surface area contributed by atoms with Crippen LogP contribution < -0.4 is 31.2 Å². The van der Waals surface area contributed by atoms with Gasteiger partial charge in [-0.05, 0) is 114 Å². The maximum atomic E-state index is 13.5. The summed E-state index contributed by atoms with van der Waals surface area (Å²) in [7, 11) is -0.127. The lowest BCUT2D eigenvalue weighted by atomic mass is 10.1. The van der Waals surface area contributed by atoms with Crippen molar-refractivity contribution in [3.05, 3.63) is 206 Å². The summed E-state index contributed by atoms with van der Waals surface area (Å²) in [5, 5.41) is 23.0. The Morgan fingerprint density at radius 1 is 0.656 bits per heavy atom. The van der Waals surface area contributed by atoms with Crippen LogP contribution in [-0.4, -0.2) is 65.1 Å². The van der Waals surface area contributed by atoms with E-state index >= 15 is 0 Å². The normalized spacial score (nSPS) is 11.9. The largest absolute Gasteiger partial charge is 0.861 e. The number of pyridine rings is 2. The molecular formula is C54H50N7O2P. The van der Waals surface area contributed by atoms with Crippen molar-refractivity contribution in [3.8, 4) is 11.5 Å². The molecule has 0 amide bonds. The van der Waals surface area contributed by atoms with E-state index in [2.05, 4.69) is 153 Å². The Kier molecular flexibility index (Phi) is 13.1. The Labute approximate surface area is 375 Å². The number of oxazole rings is 1. The molecule has 0 unspecified atom stereocenters. The number of likely N-dealkylation sites (N-methyl/N-ethyl adjacent to an activating group) is 1. The van der Waals surface area contributed by atoms with E-state index in [-0.39, 0.29) is 12.4 Å². The fraction of sp³-hybridized carbons (Fsp3) is 0.148. The second kappa shape index (κ2) is 19.9. The number of benzene rings is 6. The Hall–Kier alpha value is -7.19. The quantitative estimate of drug-likeness (QED) is 0.0519. The highest BCUT2D eigenvalue weighted by Crippen LogP contribution is 2.55. The SMILES string of the molecule is CN(CC([O-])=NCC[P+](c1ccccc1)(c1ccccc1)c1ccccc1)c1ccc2cc(-c3nc4ccc(NCCN(Cc5ccccn5)Cc5ccccn5)cc4o3)ccc2c1. The summed E-state index contributed by atoms with van der Waals surface area (Å²) in [6.45, 7) is 3.61. The smallest absolute Gasteiger partial charge is 0.227 e. The molecule has 10 heteroatoms. The van der Waals surface area contributed by atoms with Crippen molar-refractivity contribution < 1.29 is 9.52 Å². The highest BCUT2D eigenvalue weighted by Gasteiger charge is 2.44. The number of aliphatic imine (C=N–C) groups is 1. The number of nitrogens with one attached hydrogen (secondary N) is 1. The van der Waals surface area contributed by atoms with Crippen molar-refractivity contribution in [2.45, 2.75) is 13.1 Å². The molecule has 0 radical (unpaired) electrons. The molecule has 6 aromatic carbocycles. The van der Waals surface area contributed by atoms with Gasteiger partial charge in [-0.15, -0.1) is 0 Å². The first-order valence-corrected chi connectivity index (χ1v) is 23.6. The lowest BCUT2D eigenvalue weighted by molar-refractivity contribution is -0.217. The van der Waals surface area contributed by atoms with Gasteiger partial charge in [-0.2, -0.15) is 0 Å². The van der Waals surface area contributed by atoms with Gasteiger partial charge in [0.2, 0.25) is 5.89 Å². The molecule has 0 spiro atoms. The average molecular weight is 860 g/mol. The first-order valence-electron chi connectivity index (χ1n) is 21.7. The molecule has 318 valence electrons. The van der Waals surface area contributed by atoms with Crippen molar-refractivity contribution >= 4 is 62.3 Å². The molecular weight excluding hydrogens is 810 g/mol. The minimum Gasteiger partial charge on any atom is -0.861 e. The van der Waals surface area contributed by atoms with E-state index < -0.39 is 7.26 Å².